The molecule has 34 heavy (non-hydrogen) atoms. The summed E-state index contributed by atoms with van der Waals surface area (Å²) < 4.78 is 10.3. The molecule has 0 bridgehead atoms. The third-order valence-corrected chi connectivity index (χ3v) is 7.24. The fourth-order valence-corrected chi connectivity index (χ4v) is 5.52. The lowest BCUT2D eigenvalue weighted by atomic mass is 9.68. The second-order valence-electron chi connectivity index (χ2n) is 11.7. The van der Waals surface area contributed by atoms with Gasteiger partial charge in [0.05, 0.1) is 25.4 Å². The second kappa shape index (κ2) is 9.56. The lowest BCUT2D eigenvalue weighted by molar-refractivity contribution is -0.140. The van der Waals surface area contributed by atoms with Crippen molar-refractivity contribution in [3.63, 3.8) is 0 Å². The Hall–Kier alpha value is -2.62. The second-order valence-corrected chi connectivity index (χ2v) is 11.7. The molecule has 0 spiro atoms. The molecule has 0 aliphatic heterocycles. The van der Waals surface area contributed by atoms with Crippen LogP contribution in [0, 0.1) is 28.6 Å². The van der Waals surface area contributed by atoms with E-state index in [4.69, 9.17) is 9.47 Å². The Morgan fingerprint density at radius 1 is 0.941 bits per heavy atom. The lowest BCUT2D eigenvalue weighted by Gasteiger charge is -2.36. The Morgan fingerprint density at radius 3 is 2.03 bits per heavy atom. The van der Waals surface area contributed by atoms with E-state index < -0.39 is 11.9 Å². The van der Waals surface area contributed by atoms with E-state index in [0.29, 0.717) is 24.0 Å². The molecule has 3 aliphatic carbocycles. The first-order chi connectivity index (χ1) is 15.8. The molecule has 1 unspecified atom stereocenters. The molecule has 184 valence electrons. The maximum absolute atomic E-state index is 13.2. The maximum atomic E-state index is 13.2. The molecule has 0 N–H and O–H groups in total. The van der Waals surface area contributed by atoms with Crippen molar-refractivity contribution < 1.29 is 19.1 Å². The fourth-order valence-electron chi connectivity index (χ4n) is 5.52. The van der Waals surface area contributed by atoms with Crippen LogP contribution in [0.2, 0.25) is 0 Å². The molecule has 0 heterocycles. The fraction of sp³-hybridized carbons (Fsp3) is 0.533. The van der Waals surface area contributed by atoms with Gasteiger partial charge in [-0.3, -0.25) is 0 Å². The smallest absolute Gasteiger partial charge is 0.334 e. The SMILES string of the molecule is COC(=O)C1=C(C(=O)OC)[C@H](CC2C=C(C(C)(C)C)C=C2C(C)(C)C)C(C2C=CC=C2)=C(C)C1. The number of ether oxygens (including phenoxy) is 2. The van der Waals surface area contributed by atoms with Crippen molar-refractivity contribution in [2.45, 2.75) is 61.3 Å². The third-order valence-electron chi connectivity index (χ3n) is 7.24. The van der Waals surface area contributed by atoms with E-state index in [-0.39, 0.29) is 28.6 Å². The van der Waals surface area contributed by atoms with Gasteiger partial charge in [0, 0.05) is 24.2 Å². The van der Waals surface area contributed by atoms with E-state index in [9.17, 15) is 9.59 Å². The summed E-state index contributed by atoms with van der Waals surface area (Å²) in [4.78, 5) is 26.0. The minimum atomic E-state index is -0.453. The standard InChI is InChI=1S/C30H40O4/c1-18-14-23(27(31)33-8)26(28(32)34-9)22(25(18)19-12-10-11-13-19)16-20-15-21(29(2,3)4)17-24(20)30(5,6)7/h10-13,15,17,19-20,22H,14,16H2,1-9H3/t20?,22-/m1/s1. The van der Waals surface area contributed by atoms with E-state index in [1.807, 2.05) is 12.2 Å². The molecule has 0 saturated heterocycles. The Balaban J connectivity index is 2.18. The van der Waals surface area contributed by atoms with Gasteiger partial charge in [0.25, 0.3) is 0 Å². The molecule has 3 rings (SSSR count). The number of hydrogen-bond donors (Lipinski definition) is 0. The predicted octanol–water partition coefficient (Wildman–Crippen LogP) is 6.67. The van der Waals surface area contributed by atoms with E-state index in [2.05, 4.69) is 72.8 Å². The van der Waals surface area contributed by atoms with Crippen LogP contribution >= 0.6 is 0 Å². The van der Waals surface area contributed by atoms with Gasteiger partial charge in [0.15, 0.2) is 0 Å². The minimum absolute atomic E-state index is 0.0186. The van der Waals surface area contributed by atoms with Crippen molar-refractivity contribution in [2.24, 2.45) is 28.6 Å². The molecule has 0 radical (unpaired) electrons. The van der Waals surface area contributed by atoms with Gasteiger partial charge in [-0.2, -0.15) is 0 Å². The van der Waals surface area contributed by atoms with Crippen LogP contribution in [-0.2, 0) is 19.1 Å². The van der Waals surface area contributed by atoms with E-state index in [1.165, 1.54) is 30.9 Å². The Bertz CT molecular complexity index is 1030. The summed E-state index contributed by atoms with van der Waals surface area (Å²) in [6.07, 6.45) is 14.2. The first-order valence-electron chi connectivity index (χ1n) is 12.2. The Kier molecular flexibility index (Phi) is 7.31. The van der Waals surface area contributed by atoms with Crippen LogP contribution in [0.3, 0.4) is 0 Å². The number of methoxy groups -OCH3 is 2. The Morgan fingerprint density at radius 2 is 1.53 bits per heavy atom. The van der Waals surface area contributed by atoms with Crippen LogP contribution in [0.25, 0.3) is 0 Å². The van der Waals surface area contributed by atoms with Gasteiger partial charge in [0.2, 0.25) is 0 Å². The van der Waals surface area contributed by atoms with Gasteiger partial charge >= 0.3 is 11.9 Å². The monoisotopic (exact) mass is 464 g/mol. The van der Waals surface area contributed by atoms with Crippen LogP contribution in [0.5, 0.6) is 0 Å². The zero-order chi connectivity index (χ0) is 25.4. The molecule has 0 aromatic rings. The first-order valence-corrected chi connectivity index (χ1v) is 12.2. The molecule has 3 aliphatic rings. The highest BCUT2D eigenvalue weighted by Gasteiger charge is 2.41. The highest BCUT2D eigenvalue weighted by molar-refractivity contribution is 6.02. The zero-order valence-electron chi connectivity index (χ0n) is 22.2. The van der Waals surface area contributed by atoms with Gasteiger partial charge in [-0.25, -0.2) is 9.59 Å². The molecule has 2 atom stereocenters. The molecular weight excluding hydrogens is 424 g/mol. The molecule has 0 fully saturated rings. The molecule has 0 saturated carbocycles. The van der Waals surface area contributed by atoms with Gasteiger partial charge in [-0.1, -0.05) is 94.7 Å². The van der Waals surface area contributed by atoms with Crippen molar-refractivity contribution in [3.05, 3.63) is 69.9 Å². The summed E-state index contributed by atoms with van der Waals surface area (Å²) in [7, 11) is 2.75. The van der Waals surface area contributed by atoms with Crippen molar-refractivity contribution in [2.75, 3.05) is 14.2 Å². The summed E-state index contributed by atoms with van der Waals surface area (Å²) >= 11 is 0. The van der Waals surface area contributed by atoms with E-state index in [0.717, 1.165) is 5.57 Å². The van der Waals surface area contributed by atoms with Crippen molar-refractivity contribution >= 4 is 11.9 Å². The molecule has 4 heteroatoms. The molecule has 0 amide bonds. The number of carbonyl (C=O) groups is 2. The van der Waals surface area contributed by atoms with Crippen LogP contribution in [0.1, 0.15) is 61.3 Å². The van der Waals surface area contributed by atoms with Crippen molar-refractivity contribution in [1.29, 1.82) is 0 Å². The average Bonchev–Trinajstić information content (AvgIpc) is 3.42. The Labute approximate surface area is 205 Å². The number of allylic oxidation sites excluding steroid dienone is 10. The minimum Gasteiger partial charge on any atom is -0.466 e. The number of carbonyl (C=O) groups excluding carboxylic acids is 2. The zero-order valence-corrected chi connectivity index (χ0v) is 22.2. The van der Waals surface area contributed by atoms with Gasteiger partial charge in [-0.05, 0) is 29.7 Å². The van der Waals surface area contributed by atoms with Gasteiger partial charge in [-0.15, -0.1) is 0 Å². The molecular formula is C30H40O4. The summed E-state index contributed by atoms with van der Waals surface area (Å²) in [5.41, 5.74) is 5.89. The number of hydrogen-bond acceptors (Lipinski definition) is 4. The van der Waals surface area contributed by atoms with Crippen molar-refractivity contribution in [1.82, 2.24) is 0 Å². The van der Waals surface area contributed by atoms with Gasteiger partial charge in [0.1, 0.15) is 0 Å². The largest absolute Gasteiger partial charge is 0.466 e. The van der Waals surface area contributed by atoms with Crippen LogP contribution < -0.4 is 0 Å². The quantitative estimate of drug-likeness (QED) is 0.337. The topological polar surface area (TPSA) is 52.6 Å². The van der Waals surface area contributed by atoms with Crippen LogP contribution in [-0.4, -0.2) is 26.2 Å². The third kappa shape index (κ3) is 5.06. The van der Waals surface area contributed by atoms with Crippen LogP contribution in [0.4, 0.5) is 0 Å². The van der Waals surface area contributed by atoms with Crippen molar-refractivity contribution in [3.8, 4) is 0 Å². The summed E-state index contributed by atoms with van der Waals surface area (Å²) in [6.45, 7) is 15.5. The normalized spacial score (nSPS) is 23.4. The molecule has 0 aromatic carbocycles. The highest BCUT2D eigenvalue weighted by atomic mass is 16.5. The predicted molar refractivity (Wildman–Crippen MR) is 137 cm³/mol. The highest BCUT2D eigenvalue weighted by Crippen LogP contribution is 2.50. The molecule has 4 nitrogen and oxygen atoms in total. The van der Waals surface area contributed by atoms with Gasteiger partial charge < -0.3 is 9.47 Å². The first kappa shape index (κ1) is 26.0. The summed E-state index contributed by atoms with van der Waals surface area (Å²) in [5.74, 6) is -0.864. The molecule has 0 aromatic heterocycles. The summed E-state index contributed by atoms with van der Waals surface area (Å²) in [6, 6.07) is 0. The summed E-state index contributed by atoms with van der Waals surface area (Å²) in [5, 5.41) is 0. The maximum Gasteiger partial charge on any atom is 0.334 e. The number of esters is 2. The number of rotatable bonds is 5. The van der Waals surface area contributed by atoms with E-state index >= 15 is 0 Å². The van der Waals surface area contributed by atoms with E-state index in [1.54, 1.807) is 0 Å². The average molecular weight is 465 g/mol. The lowest BCUT2D eigenvalue weighted by Crippen LogP contribution is -2.30. The van der Waals surface area contributed by atoms with Crippen LogP contribution in [0.15, 0.2) is 69.9 Å².